The van der Waals surface area contributed by atoms with E-state index in [-0.39, 0.29) is 0 Å². The number of H-pyrrole nitrogens is 1. The summed E-state index contributed by atoms with van der Waals surface area (Å²) in [6.07, 6.45) is 10.7. The van der Waals surface area contributed by atoms with Gasteiger partial charge in [0.25, 0.3) is 0 Å². The fourth-order valence-corrected chi connectivity index (χ4v) is 7.31. The molecule has 0 aliphatic carbocycles. The Morgan fingerprint density at radius 2 is 0.962 bits per heavy atom. The molecule has 52 heavy (non-hydrogen) atoms. The second-order valence-corrected chi connectivity index (χ2v) is 12.9. The van der Waals surface area contributed by atoms with Crippen LogP contribution in [-0.4, -0.2) is 27.6 Å². The molecule has 250 valence electrons. The van der Waals surface area contributed by atoms with Crippen molar-refractivity contribution in [3.63, 3.8) is 0 Å². The molecule has 6 aromatic rings. The normalized spacial score (nSPS) is 15.1. The fourth-order valence-electron chi connectivity index (χ4n) is 7.31. The van der Waals surface area contributed by atoms with Crippen LogP contribution in [0.3, 0.4) is 0 Å². The van der Waals surface area contributed by atoms with E-state index in [1.165, 1.54) is 0 Å². The number of aromatic nitrogens is 2. The third-order valence-electron chi connectivity index (χ3n) is 9.65. The van der Waals surface area contributed by atoms with Gasteiger partial charge < -0.3 is 14.3 Å². The van der Waals surface area contributed by atoms with Crippen molar-refractivity contribution in [2.45, 2.75) is 13.7 Å². The summed E-state index contributed by atoms with van der Waals surface area (Å²) in [5, 5.41) is 1.99. The van der Waals surface area contributed by atoms with Gasteiger partial charge in [-0.1, -0.05) is 121 Å². The summed E-state index contributed by atoms with van der Waals surface area (Å²) < 4.78 is 8.34. The zero-order chi connectivity index (χ0) is 34.9. The number of allylic oxidation sites excluding steroid dienone is 5. The standard InChI is InChI=1S/C47H36N4O/c1-2-52-31-51-30-36-29-43(51)47(35-21-13-6-14-22-35)42-28-27-41(50-42)46(34-19-11-5-12-20-34)40-26-25-39(49-40)45(33-17-9-4-10-18-33)38-24-23-37(48-38)44(36)32-15-7-3-8-16-32/h3-30,50H,2,31H2,1H3. The minimum Gasteiger partial charge on any atom is -0.361 e. The first-order valence-corrected chi connectivity index (χ1v) is 17.7. The lowest BCUT2D eigenvalue weighted by Crippen LogP contribution is -2.20. The SMILES string of the molecule is CCOCn1cc2cc1C(c1ccccc1)=c1ccc([nH]1)=C(c1ccccc1)C1=NC(=C(c3ccccc3)C3=NC(=C2c2ccccc2)C=C3)C=C1. The first-order chi connectivity index (χ1) is 25.7. The zero-order valence-electron chi connectivity index (χ0n) is 28.8. The highest BCUT2D eigenvalue weighted by Gasteiger charge is 2.25. The molecule has 8 bridgehead atoms. The maximum Gasteiger partial charge on any atom is 0.122 e. The van der Waals surface area contributed by atoms with Crippen molar-refractivity contribution in [2.24, 2.45) is 9.98 Å². The number of nitrogens with zero attached hydrogens (tertiary/aromatic N) is 3. The Morgan fingerprint density at radius 3 is 1.52 bits per heavy atom. The van der Waals surface area contributed by atoms with Gasteiger partial charge in [-0.25, -0.2) is 9.98 Å². The van der Waals surface area contributed by atoms with Gasteiger partial charge in [0.15, 0.2) is 0 Å². The molecule has 5 nitrogen and oxygen atoms in total. The predicted molar refractivity (Wildman–Crippen MR) is 212 cm³/mol. The van der Waals surface area contributed by atoms with Crippen LogP contribution in [0, 0.1) is 0 Å². The van der Waals surface area contributed by atoms with Crippen LogP contribution < -0.4 is 10.7 Å². The van der Waals surface area contributed by atoms with E-state index in [2.05, 4.69) is 174 Å². The van der Waals surface area contributed by atoms with Crippen molar-refractivity contribution in [1.29, 1.82) is 0 Å². The fraction of sp³-hybridized carbons (Fsp3) is 0.0638. The first kappa shape index (κ1) is 31.4. The first-order valence-electron chi connectivity index (χ1n) is 17.7. The van der Waals surface area contributed by atoms with Crippen molar-refractivity contribution in [3.8, 4) is 0 Å². The molecular weight excluding hydrogens is 637 g/mol. The van der Waals surface area contributed by atoms with E-state index in [0.717, 1.165) is 89.3 Å². The Kier molecular flexibility index (Phi) is 8.24. The number of fused-ring (bicyclic) bond motifs is 6. The average Bonchev–Trinajstić information content (AvgIpc) is 4.03. The Labute approximate surface area is 303 Å². The molecule has 0 saturated heterocycles. The zero-order valence-corrected chi connectivity index (χ0v) is 28.8. The molecule has 0 saturated carbocycles. The molecule has 3 aliphatic heterocycles. The molecule has 5 heteroatoms. The van der Waals surface area contributed by atoms with Crippen molar-refractivity contribution in [3.05, 3.63) is 226 Å². The van der Waals surface area contributed by atoms with E-state index in [4.69, 9.17) is 14.7 Å². The molecule has 5 heterocycles. The summed E-state index contributed by atoms with van der Waals surface area (Å²) in [5.74, 6) is 0. The second kappa shape index (κ2) is 13.6. The second-order valence-electron chi connectivity index (χ2n) is 12.9. The third-order valence-corrected chi connectivity index (χ3v) is 9.65. The van der Waals surface area contributed by atoms with Gasteiger partial charge in [0, 0.05) is 51.4 Å². The molecule has 0 amide bonds. The summed E-state index contributed by atoms with van der Waals surface area (Å²) in [6.45, 7) is 3.04. The number of nitrogens with one attached hydrogen (secondary N) is 1. The number of rotatable bonds is 7. The number of hydrogen-bond donors (Lipinski definition) is 1. The minimum atomic E-state index is 0.407. The van der Waals surface area contributed by atoms with Crippen LogP contribution in [0.5, 0.6) is 0 Å². The van der Waals surface area contributed by atoms with Crippen molar-refractivity contribution < 1.29 is 4.74 Å². The van der Waals surface area contributed by atoms with Crippen molar-refractivity contribution >= 4 is 33.7 Å². The van der Waals surface area contributed by atoms with E-state index in [1.54, 1.807) is 0 Å². The Balaban J connectivity index is 1.44. The third kappa shape index (κ3) is 5.77. The molecule has 0 atom stereocenters. The van der Waals surface area contributed by atoms with Crippen LogP contribution in [0.25, 0.3) is 22.3 Å². The maximum atomic E-state index is 6.11. The van der Waals surface area contributed by atoms with E-state index in [1.807, 2.05) is 13.0 Å². The summed E-state index contributed by atoms with van der Waals surface area (Å²) in [7, 11) is 0. The average molecular weight is 673 g/mol. The highest BCUT2D eigenvalue weighted by atomic mass is 16.5. The van der Waals surface area contributed by atoms with Gasteiger partial charge in [-0.05, 0) is 71.7 Å². The van der Waals surface area contributed by atoms with Gasteiger partial charge in [0.05, 0.1) is 28.5 Å². The van der Waals surface area contributed by atoms with E-state index < -0.39 is 0 Å². The Hall–Kier alpha value is -6.56. The number of aromatic amines is 1. The van der Waals surface area contributed by atoms with Crippen molar-refractivity contribution in [1.82, 2.24) is 9.55 Å². The molecule has 0 radical (unpaired) electrons. The lowest BCUT2D eigenvalue weighted by Gasteiger charge is -2.12. The van der Waals surface area contributed by atoms with Crippen LogP contribution in [0.15, 0.2) is 191 Å². The molecular formula is C47H36N4O. The quantitative estimate of drug-likeness (QED) is 0.182. The van der Waals surface area contributed by atoms with Crippen LogP contribution in [-0.2, 0) is 11.5 Å². The summed E-state index contributed by atoms with van der Waals surface area (Å²) >= 11 is 0. The summed E-state index contributed by atoms with van der Waals surface area (Å²) in [5.41, 5.74) is 14.1. The number of hydrogen-bond acceptors (Lipinski definition) is 3. The maximum absolute atomic E-state index is 6.11. The van der Waals surface area contributed by atoms with Crippen LogP contribution in [0.1, 0.15) is 40.4 Å². The van der Waals surface area contributed by atoms with Gasteiger partial charge in [-0.2, -0.15) is 0 Å². The molecule has 4 aromatic carbocycles. The molecule has 1 N–H and O–H groups in total. The number of benzene rings is 4. The number of aliphatic imine (C=N–C) groups is 2. The Bertz CT molecular complexity index is 2610. The summed E-state index contributed by atoms with van der Waals surface area (Å²) in [6, 6.07) is 48.8. The molecule has 0 unspecified atom stereocenters. The Morgan fingerprint density at radius 1 is 0.500 bits per heavy atom. The van der Waals surface area contributed by atoms with E-state index in [9.17, 15) is 0 Å². The van der Waals surface area contributed by atoms with E-state index >= 15 is 0 Å². The minimum absolute atomic E-state index is 0.407. The molecule has 2 aromatic heterocycles. The van der Waals surface area contributed by atoms with Gasteiger partial charge >= 0.3 is 0 Å². The van der Waals surface area contributed by atoms with Crippen LogP contribution in [0.2, 0.25) is 0 Å². The highest BCUT2D eigenvalue weighted by molar-refractivity contribution is 6.35. The molecule has 0 spiro atoms. The molecule has 0 fully saturated rings. The van der Waals surface area contributed by atoms with Gasteiger partial charge in [0.2, 0.25) is 0 Å². The van der Waals surface area contributed by atoms with Crippen LogP contribution >= 0.6 is 0 Å². The van der Waals surface area contributed by atoms with Gasteiger partial charge in [-0.3, -0.25) is 0 Å². The van der Waals surface area contributed by atoms with Gasteiger partial charge in [-0.15, -0.1) is 0 Å². The number of ether oxygens (including phenoxy) is 1. The molecule has 3 aliphatic rings. The lowest BCUT2D eigenvalue weighted by molar-refractivity contribution is 0.0876. The lowest BCUT2D eigenvalue weighted by atomic mass is 9.96. The highest BCUT2D eigenvalue weighted by Crippen LogP contribution is 2.37. The largest absolute Gasteiger partial charge is 0.361 e. The monoisotopic (exact) mass is 672 g/mol. The van der Waals surface area contributed by atoms with Crippen molar-refractivity contribution in [2.75, 3.05) is 6.61 Å². The van der Waals surface area contributed by atoms with Crippen LogP contribution in [0.4, 0.5) is 0 Å². The van der Waals surface area contributed by atoms with E-state index in [0.29, 0.717) is 13.3 Å². The van der Waals surface area contributed by atoms with Gasteiger partial charge in [0.1, 0.15) is 6.73 Å². The molecule has 9 rings (SSSR count). The smallest absolute Gasteiger partial charge is 0.122 e. The predicted octanol–water partition coefficient (Wildman–Crippen LogP) is 8.46. The summed E-state index contributed by atoms with van der Waals surface area (Å²) in [4.78, 5) is 14.6. The topological polar surface area (TPSA) is 54.7 Å².